The topological polar surface area (TPSA) is 34.1 Å². The average Bonchev–Trinajstić information content (AvgIpc) is 2.77. The Morgan fingerprint density at radius 2 is 2.06 bits per heavy atom. The second-order valence-corrected chi connectivity index (χ2v) is 6.18. The molecular weight excluding hydrogens is 244 g/mol. The molecule has 104 valence electrons. The fraction of sp³-hybridized carbons (Fsp3) is 0.786. The number of rotatable bonds is 7. The molecule has 1 atom stereocenters. The lowest BCUT2D eigenvalue weighted by Gasteiger charge is -2.36. The standard InChI is InChI=1S/C14H26N2OS/c1-7-15-14(9-17-6,11(4)5)13-16-12(8-18-13)10(2)3/h8,10-11,15H,7,9H2,1-6H3. The first-order valence-electron chi connectivity index (χ1n) is 6.67. The Balaban J connectivity index is 3.13. The number of nitrogens with one attached hydrogen (secondary N) is 1. The van der Waals surface area contributed by atoms with Crippen LogP contribution in [0, 0.1) is 5.92 Å². The van der Waals surface area contributed by atoms with Crippen molar-refractivity contribution < 1.29 is 4.74 Å². The molecule has 1 N–H and O–H groups in total. The summed E-state index contributed by atoms with van der Waals surface area (Å²) in [4.78, 5) is 4.82. The molecule has 0 amide bonds. The van der Waals surface area contributed by atoms with Gasteiger partial charge in [0.25, 0.3) is 0 Å². The molecule has 0 aliphatic carbocycles. The first-order valence-corrected chi connectivity index (χ1v) is 7.55. The zero-order valence-corrected chi connectivity index (χ0v) is 13.2. The van der Waals surface area contributed by atoms with Crippen LogP contribution in [0.5, 0.6) is 0 Å². The molecule has 0 spiro atoms. The number of nitrogens with zero attached hydrogens (tertiary/aromatic N) is 1. The Labute approximate surface area is 115 Å². The third-order valence-corrected chi connectivity index (χ3v) is 4.38. The van der Waals surface area contributed by atoms with E-state index in [2.05, 4.69) is 45.3 Å². The maximum atomic E-state index is 5.45. The maximum absolute atomic E-state index is 5.45. The lowest BCUT2D eigenvalue weighted by atomic mass is 9.87. The summed E-state index contributed by atoms with van der Waals surface area (Å²) in [6.45, 7) is 12.5. The van der Waals surface area contributed by atoms with Crippen LogP contribution in [-0.4, -0.2) is 25.2 Å². The average molecular weight is 270 g/mol. The second kappa shape index (κ2) is 6.64. The minimum atomic E-state index is -0.165. The van der Waals surface area contributed by atoms with Crippen molar-refractivity contribution in [1.29, 1.82) is 0 Å². The number of ether oxygens (including phenoxy) is 1. The lowest BCUT2D eigenvalue weighted by Crippen LogP contribution is -2.50. The monoisotopic (exact) mass is 270 g/mol. The van der Waals surface area contributed by atoms with E-state index in [1.165, 1.54) is 5.69 Å². The largest absolute Gasteiger partial charge is 0.382 e. The van der Waals surface area contributed by atoms with Crippen LogP contribution in [0.25, 0.3) is 0 Å². The molecule has 0 aromatic carbocycles. The molecule has 0 bridgehead atoms. The Morgan fingerprint density at radius 3 is 2.44 bits per heavy atom. The van der Waals surface area contributed by atoms with Crippen LogP contribution < -0.4 is 5.32 Å². The molecule has 1 heterocycles. The molecule has 3 nitrogen and oxygen atoms in total. The summed E-state index contributed by atoms with van der Waals surface area (Å²) in [5.41, 5.74) is 1.01. The van der Waals surface area contributed by atoms with E-state index >= 15 is 0 Å². The third kappa shape index (κ3) is 3.11. The van der Waals surface area contributed by atoms with Crippen molar-refractivity contribution in [2.45, 2.75) is 46.1 Å². The van der Waals surface area contributed by atoms with Gasteiger partial charge in [-0.25, -0.2) is 4.98 Å². The molecule has 0 saturated carbocycles. The van der Waals surface area contributed by atoms with E-state index in [1.54, 1.807) is 18.4 Å². The van der Waals surface area contributed by atoms with Crippen LogP contribution in [0.2, 0.25) is 0 Å². The minimum Gasteiger partial charge on any atom is -0.382 e. The van der Waals surface area contributed by atoms with Crippen LogP contribution in [0.15, 0.2) is 5.38 Å². The third-order valence-electron chi connectivity index (χ3n) is 3.34. The van der Waals surface area contributed by atoms with E-state index in [1.807, 2.05) is 0 Å². The van der Waals surface area contributed by atoms with Gasteiger partial charge in [0.1, 0.15) is 5.01 Å². The highest BCUT2D eigenvalue weighted by Crippen LogP contribution is 2.33. The smallest absolute Gasteiger partial charge is 0.116 e. The number of thiazole rings is 1. The predicted molar refractivity (Wildman–Crippen MR) is 78.3 cm³/mol. The number of hydrogen-bond acceptors (Lipinski definition) is 4. The van der Waals surface area contributed by atoms with Crippen molar-refractivity contribution in [3.63, 3.8) is 0 Å². The molecule has 0 radical (unpaired) electrons. The van der Waals surface area contributed by atoms with Crippen LogP contribution in [0.3, 0.4) is 0 Å². The SMILES string of the molecule is CCNC(COC)(c1nc(C(C)C)cs1)C(C)C. The van der Waals surface area contributed by atoms with Gasteiger partial charge < -0.3 is 10.1 Å². The van der Waals surface area contributed by atoms with Gasteiger partial charge in [-0.1, -0.05) is 34.6 Å². The summed E-state index contributed by atoms with van der Waals surface area (Å²) in [5, 5.41) is 6.90. The van der Waals surface area contributed by atoms with Gasteiger partial charge in [0.2, 0.25) is 0 Å². The lowest BCUT2D eigenvalue weighted by molar-refractivity contribution is 0.0773. The van der Waals surface area contributed by atoms with Gasteiger partial charge in [0, 0.05) is 12.5 Å². The first-order chi connectivity index (χ1) is 8.47. The van der Waals surface area contributed by atoms with Crippen LogP contribution >= 0.6 is 11.3 Å². The molecule has 1 rings (SSSR count). The number of likely N-dealkylation sites (N-methyl/N-ethyl adjacent to an activating group) is 1. The Kier molecular flexibility index (Phi) is 5.76. The molecular formula is C14H26N2OS. The Hall–Kier alpha value is -0.450. The van der Waals surface area contributed by atoms with Gasteiger partial charge >= 0.3 is 0 Å². The minimum absolute atomic E-state index is 0.165. The molecule has 1 aromatic rings. The molecule has 0 saturated heterocycles. The van der Waals surface area contributed by atoms with E-state index < -0.39 is 0 Å². The van der Waals surface area contributed by atoms with Crippen molar-refractivity contribution in [2.75, 3.05) is 20.3 Å². The predicted octanol–water partition coefficient (Wildman–Crippen LogP) is 3.37. The summed E-state index contributed by atoms with van der Waals surface area (Å²) in [6.07, 6.45) is 0. The highest BCUT2D eigenvalue weighted by molar-refractivity contribution is 7.09. The normalized spacial score (nSPS) is 15.3. The first kappa shape index (κ1) is 15.6. The van der Waals surface area contributed by atoms with Crippen LogP contribution in [0.4, 0.5) is 0 Å². The van der Waals surface area contributed by atoms with Gasteiger partial charge in [0.15, 0.2) is 0 Å². The Bertz CT molecular complexity index is 354. The molecule has 0 fully saturated rings. The van der Waals surface area contributed by atoms with E-state index in [0.29, 0.717) is 18.4 Å². The molecule has 0 aliphatic rings. The molecule has 18 heavy (non-hydrogen) atoms. The van der Waals surface area contributed by atoms with Crippen molar-refractivity contribution in [1.82, 2.24) is 10.3 Å². The fourth-order valence-electron chi connectivity index (χ4n) is 2.11. The highest BCUT2D eigenvalue weighted by Gasteiger charge is 2.38. The van der Waals surface area contributed by atoms with Crippen molar-refractivity contribution in [3.05, 3.63) is 16.1 Å². The summed E-state index contributed by atoms with van der Waals surface area (Å²) in [6, 6.07) is 0. The molecule has 1 unspecified atom stereocenters. The molecule has 4 heteroatoms. The Morgan fingerprint density at radius 1 is 1.39 bits per heavy atom. The summed E-state index contributed by atoms with van der Waals surface area (Å²) in [7, 11) is 1.76. The molecule has 0 aliphatic heterocycles. The van der Waals surface area contributed by atoms with Crippen molar-refractivity contribution in [3.8, 4) is 0 Å². The highest BCUT2D eigenvalue weighted by atomic mass is 32.1. The zero-order chi connectivity index (χ0) is 13.8. The van der Waals surface area contributed by atoms with E-state index in [9.17, 15) is 0 Å². The van der Waals surface area contributed by atoms with E-state index in [4.69, 9.17) is 9.72 Å². The van der Waals surface area contributed by atoms with Gasteiger partial charge in [0.05, 0.1) is 17.8 Å². The van der Waals surface area contributed by atoms with Crippen molar-refractivity contribution in [2.24, 2.45) is 5.92 Å². The maximum Gasteiger partial charge on any atom is 0.116 e. The van der Waals surface area contributed by atoms with Gasteiger partial charge in [-0.3, -0.25) is 0 Å². The zero-order valence-electron chi connectivity index (χ0n) is 12.4. The second-order valence-electron chi connectivity index (χ2n) is 5.32. The summed E-state index contributed by atoms with van der Waals surface area (Å²) >= 11 is 1.74. The number of aromatic nitrogens is 1. The van der Waals surface area contributed by atoms with Crippen molar-refractivity contribution >= 4 is 11.3 Å². The van der Waals surface area contributed by atoms with Crippen LogP contribution in [0.1, 0.15) is 51.2 Å². The van der Waals surface area contributed by atoms with Gasteiger partial charge in [-0.05, 0) is 18.4 Å². The van der Waals surface area contributed by atoms with Gasteiger partial charge in [-0.15, -0.1) is 11.3 Å². The van der Waals surface area contributed by atoms with Crippen LogP contribution in [-0.2, 0) is 10.3 Å². The summed E-state index contributed by atoms with van der Waals surface area (Å²) < 4.78 is 5.45. The quantitative estimate of drug-likeness (QED) is 0.825. The number of hydrogen-bond donors (Lipinski definition) is 1. The van der Waals surface area contributed by atoms with E-state index in [-0.39, 0.29) is 5.54 Å². The van der Waals surface area contributed by atoms with E-state index in [0.717, 1.165) is 11.6 Å². The van der Waals surface area contributed by atoms with Gasteiger partial charge in [-0.2, -0.15) is 0 Å². The number of methoxy groups -OCH3 is 1. The molecule has 1 aromatic heterocycles. The summed E-state index contributed by atoms with van der Waals surface area (Å²) in [5.74, 6) is 0.910. The fourth-order valence-corrected chi connectivity index (χ4v) is 3.40.